The zero-order valence-electron chi connectivity index (χ0n) is 11.0. The van der Waals surface area contributed by atoms with Gasteiger partial charge in [0.15, 0.2) is 11.4 Å². The third-order valence-electron chi connectivity index (χ3n) is 3.59. The lowest BCUT2D eigenvalue weighted by atomic mass is 9.95. The van der Waals surface area contributed by atoms with E-state index in [0.29, 0.717) is 31.0 Å². The Morgan fingerprint density at radius 2 is 2.37 bits per heavy atom. The van der Waals surface area contributed by atoms with E-state index in [0.717, 1.165) is 6.42 Å². The number of nitrogens with zero attached hydrogens (tertiary/aromatic N) is 4. The Morgan fingerprint density at radius 1 is 1.63 bits per heavy atom. The van der Waals surface area contributed by atoms with Gasteiger partial charge in [-0.2, -0.15) is 0 Å². The number of aryl methyl sites for hydroxylation is 1. The Bertz CT molecular complexity index is 501. The van der Waals surface area contributed by atoms with Crippen LogP contribution in [0.1, 0.15) is 44.9 Å². The molecule has 6 heteroatoms. The van der Waals surface area contributed by atoms with Crippen LogP contribution in [0, 0.1) is 18.3 Å². The standard InChI is InChI=1S/C13H18N4O2/c1-3-4-5-11-14-16-17(15-11)13(2,12(18)19)9-8-10-6-7-10/h1,10H,4-9H2,2H3,(H,18,19). The second-order valence-corrected chi connectivity index (χ2v) is 5.26. The molecule has 0 radical (unpaired) electrons. The molecule has 102 valence electrons. The van der Waals surface area contributed by atoms with Gasteiger partial charge < -0.3 is 5.11 Å². The molecule has 1 aromatic rings. The molecule has 0 bridgehead atoms. The van der Waals surface area contributed by atoms with Crippen LogP contribution in [0.5, 0.6) is 0 Å². The van der Waals surface area contributed by atoms with Crippen molar-refractivity contribution in [1.82, 2.24) is 20.2 Å². The highest BCUT2D eigenvalue weighted by molar-refractivity contribution is 5.75. The Balaban J connectivity index is 2.10. The summed E-state index contributed by atoms with van der Waals surface area (Å²) in [5.74, 6) is 2.75. The summed E-state index contributed by atoms with van der Waals surface area (Å²) < 4.78 is 0. The quantitative estimate of drug-likeness (QED) is 0.747. The largest absolute Gasteiger partial charge is 0.479 e. The van der Waals surface area contributed by atoms with Gasteiger partial charge in [0.25, 0.3) is 0 Å². The van der Waals surface area contributed by atoms with Crippen LogP contribution in [0.15, 0.2) is 0 Å². The van der Waals surface area contributed by atoms with Crippen LogP contribution in [-0.4, -0.2) is 31.3 Å². The molecule has 1 N–H and O–H groups in total. The van der Waals surface area contributed by atoms with E-state index >= 15 is 0 Å². The van der Waals surface area contributed by atoms with Crippen molar-refractivity contribution in [2.45, 2.75) is 51.0 Å². The van der Waals surface area contributed by atoms with Gasteiger partial charge in [-0.05, 0) is 30.9 Å². The number of aromatic nitrogens is 4. The molecule has 0 aliphatic heterocycles. The second-order valence-electron chi connectivity index (χ2n) is 5.26. The van der Waals surface area contributed by atoms with Gasteiger partial charge in [-0.3, -0.25) is 0 Å². The maximum absolute atomic E-state index is 11.5. The summed E-state index contributed by atoms with van der Waals surface area (Å²) in [6.07, 6.45) is 10.0. The molecule has 1 atom stereocenters. The molecule has 19 heavy (non-hydrogen) atoms. The normalized spacial score (nSPS) is 17.7. The van der Waals surface area contributed by atoms with Crippen LogP contribution >= 0.6 is 0 Å². The molecule has 0 aromatic carbocycles. The van der Waals surface area contributed by atoms with Crippen molar-refractivity contribution in [3.63, 3.8) is 0 Å². The molecule has 1 aliphatic carbocycles. The second kappa shape index (κ2) is 5.39. The number of carbonyl (C=O) groups is 1. The number of tetrazole rings is 1. The van der Waals surface area contributed by atoms with Gasteiger partial charge in [0.2, 0.25) is 0 Å². The number of terminal acetylenes is 1. The van der Waals surface area contributed by atoms with E-state index in [-0.39, 0.29) is 0 Å². The number of aliphatic carboxylic acids is 1. The van der Waals surface area contributed by atoms with Gasteiger partial charge >= 0.3 is 5.97 Å². The first kappa shape index (κ1) is 13.5. The molecule has 2 rings (SSSR count). The predicted octanol–water partition coefficient (Wildman–Crippen LogP) is 1.23. The monoisotopic (exact) mass is 262 g/mol. The molecule has 0 spiro atoms. The molecule has 1 fully saturated rings. The molecule has 1 unspecified atom stereocenters. The van der Waals surface area contributed by atoms with E-state index in [1.165, 1.54) is 17.6 Å². The average molecular weight is 262 g/mol. The molecule has 1 saturated carbocycles. The van der Waals surface area contributed by atoms with Crippen LogP contribution in [0.2, 0.25) is 0 Å². The van der Waals surface area contributed by atoms with Crippen molar-refractivity contribution in [3.05, 3.63) is 5.82 Å². The zero-order chi connectivity index (χ0) is 13.9. The van der Waals surface area contributed by atoms with Crippen LogP contribution in [0.4, 0.5) is 0 Å². The number of hydrogen-bond donors (Lipinski definition) is 1. The molecule has 1 aliphatic rings. The first-order chi connectivity index (χ1) is 9.06. The first-order valence-electron chi connectivity index (χ1n) is 6.52. The average Bonchev–Trinajstić information content (AvgIpc) is 3.10. The van der Waals surface area contributed by atoms with Crippen LogP contribution in [0.3, 0.4) is 0 Å². The molecular weight excluding hydrogens is 244 g/mol. The van der Waals surface area contributed by atoms with Crippen LogP contribution < -0.4 is 0 Å². The van der Waals surface area contributed by atoms with E-state index in [2.05, 4.69) is 21.3 Å². The third-order valence-corrected chi connectivity index (χ3v) is 3.59. The highest BCUT2D eigenvalue weighted by atomic mass is 16.4. The van der Waals surface area contributed by atoms with Crippen molar-refractivity contribution in [3.8, 4) is 12.3 Å². The fourth-order valence-corrected chi connectivity index (χ4v) is 1.92. The summed E-state index contributed by atoms with van der Waals surface area (Å²) in [6, 6.07) is 0. The lowest BCUT2D eigenvalue weighted by Crippen LogP contribution is -2.41. The molecule has 1 heterocycles. The molecule has 0 saturated heterocycles. The van der Waals surface area contributed by atoms with Crippen LogP contribution in [0.25, 0.3) is 0 Å². The minimum Gasteiger partial charge on any atom is -0.479 e. The number of carboxylic acid groups (broad SMARTS) is 1. The topological polar surface area (TPSA) is 80.9 Å². The fraction of sp³-hybridized carbons (Fsp3) is 0.692. The van der Waals surface area contributed by atoms with Crippen molar-refractivity contribution < 1.29 is 9.90 Å². The van der Waals surface area contributed by atoms with E-state index in [4.69, 9.17) is 6.42 Å². The van der Waals surface area contributed by atoms with E-state index in [1.54, 1.807) is 6.92 Å². The lowest BCUT2D eigenvalue weighted by Gasteiger charge is -2.22. The zero-order valence-corrected chi connectivity index (χ0v) is 11.0. The predicted molar refractivity (Wildman–Crippen MR) is 68.2 cm³/mol. The van der Waals surface area contributed by atoms with Gasteiger partial charge in [-0.25, -0.2) is 4.79 Å². The number of carboxylic acids is 1. The molecule has 6 nitrogen and oxygen atoms in total. The molecular formula is C13H18N4O2. The molecule has 0 amide bonds. The summed E-state index contributed by atoms with van der Waals surface area (Å²) in [7, 11) is 0. The summed E-state index contributed by atoms with van der Waals surface area (Å²) in [6.45, 7) is 1.64. The van der Waals surface area contributed by atoms with E-state index in [9.17, 15) is 9.90 Å². The third kappa shape index (κ3) is 3.11. The fourth-order valence-electron chi connectivity index (χ4n) is 1.92. The minimum absolute atomic E-state index is 0.497. The Kier molecular flexibility index (Phi) is 3.84. The highest BCUT2D eigenvalue weighted by Gasteiger charge is 2.39. The highest BCUT2D eigenvalue weighted by Crippen LogP contribution is 2.36. The van der Waals surface area contributed by atoms with E-state index < -0.39 is 11.5 Å². The smallest absolute Gasteiger partial charge is 0.333 e. The van der Waals surface area contributed by atoms with Crippen molar-refractivity contribution in [2.75, 3.05) is 0 Å². The summed E-state index contributed by atoms with van der Waals surface area (Å²) in [5.41, 5.74) is -1.12. The Hall–Kier alpha value is -1.90. The van der Waals surface area contributed by atoms with E-state index in [1.807, 2.05) is 0 Å². The Labute approximate surface area is 112 Å². The minimum atomic E-state index is -1.12. The van der Waals surface area contributed by atoms with Crippen LogP contribution in [-0.2, 0) is 16.8 Å². The van der Waals surface area contributed by atoms with Gasteiger partial charge in [0.05, 0.1) is 0 Å². The van der Waals surface area contributed by atoms with Crippen molar-refractivity contribution in [2.24, 2.45) is 5.92 Å². The van der Waals surface area contributed by atoms with Gasteiger partial charge in [-0.1, -0.05) is 12.8 Å². The van der Waals surface area contributed by atoms with Gasteiger partial charge in [0, 0.05) is 12.8 Å². The maximum atomic E-state index is 11.5. The summed E-state index contributed by atoms with van der Waals surface area (Å²) in [5, 5.41) is 21.4. The maximum Gasteiger partial charge on any atom is 0.333 e. The molecule has 1 aromatic heterocycles. The Morgan fingerprint density at radius 3 is 2.95 bits per heavy atom. The summed E-state index contributed by atoms with van der Waals surface area (Å²) in [4.78, 5) is 12.7. The lowest BCUT2D eigenvalue weighted by molar-refractivity contribution is -0.148. The van der Waals surface area contributed by atoms with Gasteiger partial charge in [0.1, 0.15) is 0 Å². The number of rotatable bonds is 7. The first-order valence-corrected chi connectivity index (χ1v) is 6.52. The number of hydrogen-bond acceptors (Lipinski definition) is 4. The van der Waals surface area contributed by atoms with Crippen molar-refractivity contribution in [1.29, 1.82) is 0 Å². The van der Waals surface area contributed by atoms with Crippen molar-refractivity contribution >= 4 is 5.97 Å². The van der Waals surface area contributed by atoms with Gasteiger partial charge in [-0.15, -0.1) is 27.3 Å². The SMILES string of the molecule is C#CCCc1nnn(C(C)(CCC2CC2)C(=O)O)n1. The summed E-state index contributed by atoms with van der Waals surface area (Å²) >= 11 is 0.